The van der Waals surface area contributed by atoms with Crippen molar-refractivity contribution in [2.75, 3.05) is 5.32 Å². The van der Waals surface area contributed by atoms with Gasteiger partial charge in [-0.1, -0.05) is 54.1 Å². The lowest BCUT2D eigenvalue weighted by Crippen LogP contribution is -2.01. The summed E-state index contributed by atoms with van der Waals surface area (Å²) in [7, 11) is 0. The Morgan fingerprint density at radius 2 is 1.81 bits per heavy atom. The maximum absolute atomic E-state index is 13.3. The third kappa shape index (κ3) is 4.26. The van der Waals surface area contributed by atoms with Gasteiger partial charge in [0.2, 0.25) is 0 Å². The zero-order valence-electron chi connectivity index (χ0n) is 16.9. The molecule has 0 spiro atoms. The van der Waals surface area contributed by atoms with Crippen LogP contribution in [0.5, 0.6) is 5.75 Å². The van der Waals surface area contributed by atoms with Gasteiger partial charge in [0.15, 0.2) is 5.65 Å². The number of halogens is 2. The van der Waals surface area contributed by atoms with Gasteiger partial charge < -0.3 is 10.1 Å². The highest BCUT2D eigenvalue weighted by Gasteiger charge is 2.10. The molecule has 32 heavy (non-hydrogen) atoms. The van der Waals surface area contributed by atoms with Gasteiger partial charge >= 0.3 is 0 Å². The van der Waals surface area contributed by atoms with Gasteiger partial charge in [-0.25, -0.2) is 9.37 Å². The Balaban J connectivity index is 1.36. The minimum atomic E-state index is -0.297. The first-order valence-corrected chi connectivity index (χ1v) is 10.4. The lowest BCUT2D eigenvalue weighted by molar-refractivity contribution is 0.306. The van der Waals surface area contributed by atoms with E-state index in [1.54, 1.807) is 35.0 Å². The van der Waals surface area contributed by atoms with Crippen LogP contribution in [0.1, 0.15) is 5.56 Å². The van der Waals surface area contributed by atoms with Gasteiger partial charge in [0.25, 0.3) is 0 Å². The van der Waals surface area contributed by atoms with Crippen LogP contribution in [0.15, 0.2) is 91.1 Å². The van der Waals surface area contributed by atoms with E-state index in [0.29, 0.717) is 10.8 Å². The molecule has 0 aliphatic carbocycles. The number of fused-ring (bicyclic) bond motifs is 1. The smallest absolute Gasteiger partial charge is 0.157 e. The molecular weight excluding hydrogens is 427 g/mol. The van der Waals surface area contributed by atoms with E-state index in [9.17, 15) is 4.39 Å². The number of nitrogens with zero attached hydrogens (tertiary/aromatic N) is 3. The minimum absolute atomic E-state index is 0.227. The van der Waals surface area contributed by atoms with Crippen molar-refractivity contribution in [1.29, 1.82) is 0 Å². The number of benzene rings is 3. The fraction of sp³-hybridized carbons (Fsp3) is 0.0400. The molecule has 7 heteroatoms. The second-order valence-corrected chi connectivity index (χ2v) is 7.59. The molecule has 0 atom stereocenters. The van der Waals surface area contributed by atoms with Crippen molar-refractivity contribution < 1.29 is 9.13 Å². The molecule has 0 fully saturated rings. The van der Waals surface area contributed by atoms with Gasteiger partial charge in [-0.3, -0.25) is 0 Å². The molecule has 0 radical (unpaired) electrons. The first kappa shape index (κ1) is 20.0. The standard InChI is InChI=1S/C25H18ClFN4O/c26-21-14-20(9-10-23(21)32-16-17-5-4-8-19(27)13-17)29-24-11-12-28-25-15-22(30-31(24)25)18-6-2-1-3-7-18/h1-15,29H,16H2. The average molecular weight is 445 g/mol. The summed E-state index contributed by atoms with van der Waals surface area (Å²) in [4.78, 5) is 4.41. The number of hydrogen-bond acceptors (Lipinski definition) is 4. The molecule has 0 saturated heterocycles. The number of nitrogens with one attached hydrogen (secondary N) is 1. The predicted octanol–water partition coefficient (Wildman–Crippen LogP) is 6.51. The van der Waals surface area contributed by atoms with E-state index >= 15 is 0 Å². The van der Waals surface area contributed by atoms with Gasteiger partial charge in [-0.2, -0.15) is 9.61 Å². The van der Waals surface area contributed by atoms with Gasteiger partial charge in [-0.05, 0) is 42.0 Å². The molecular formula is C25H18ClFN4O. The molecule has 2 aromatic heterocycles. The molecule has 0 aliphatic rings. The van der Waals surface area contributed by atoms with Gasteiger partial charge in [0.05, 0.1) is 10.7 Å². The van der Waals surface area contributed by atoms with Gasteiger partial charge in [0.1, 0.15) is 24.0 Å². The Kier molecular flexibility index (Phi) is 5.44. The Morgan fingerprint density at radius 3 is 2.62 bits per heavy atom. The van der Waals surface area contributed by atoms with Crippen molar-refractivity contribution in [2.24, 2.45) is 0 Å². The predicted molar refractivity (Wildman–Crippen MR) is 124 cm³/mol. The van der Waals surface area contributed by atoms with E-state index < -0.39 is 0 Å². The van der Waals surface area contributed by atoms with Crippen LogP contribution in [0.25, 0.3) is 16.9 Å². The monoisotopic (exact) mass is 444 g/mol. The van der Waals surface area contributed by atoms with Crippen molar-refractivity contribution >= 4 is 28.8 Å². The third-order valence-corrected chi connectivity index (χ3v) is 5.21. The van der Waals surface area contributed by atoms with Crippen molar-refractivity contribution in [3.05, 3.63) is 108 Å². The molecule has 3 aromatic carbocycles. The summed E-state index contributed by atoms with van der Waals surface area (Å²) in [5.74, 6) is 0.975. The van der Waals surface area contributed by atoms with Crippen LogP contribution < -0.4 is 10.1 Å². The fourth-order valence-corrected chi connectivity index (χ4v) is 3.61. The Morgan fingerprint density at radius 1 is 0.938 bits per heavy atom. The molecule has 5 rings (SSSR count). The summed E-state index contributed by atoms with van der Waals surface area (Å²) < 4.78 is 20.8. The fourth-order valence-electron chi connectivity index (χ4n) is 3.37. The highest BCUT2D eigenvalue weighted by Crippen LogP contribution is 2.30. The second kappa shape index (κ2) is 8.69. The quantitative estimate of drug-likeness (QED) is 0.324. The minimum Gasteiger partial charge on any atom is -0.487 e. The molecule has 2 heterocycles. The summed E-state index contributed by atoms with van der Waals surface area (Å²) in [5, 5.41) is 8.47. The Hall–Kier alpha value is -3.90. The van der Waals surface area contributed by atoms with Crippen molar-refractivity contribution in [3.63, 3.8) is 0 Å². The van der Waals surface area contributed by atoms with Crippen molar-refractivity contribution in [2.45, 2.75) is 6.61 Å². The van der Waals surface area contributed by atoms with E-state index in [1.807, 2.05) is 48.5 Å². The summed E-state index contributed by atoms with van der Waals surface area (Å²) in [6.45, 7) is 0.227. The van der Waals surface area contributed by atoms with E-state index in [-0.39, 0.29) is 12.4 Å². The first-order valence-electron chi connectivity index (χ1n) is 10.00. The molecule has 1 N–H and O–H groups in total. The number of anilines is 2. The molecule has 5 aromatic rings. The highest BCUT2D eigenvalue weighted by atomic mass is 35.5. The Bertz CT molecular complexity index is 1390. The number of aromatic nitrogens is 3. The average Bonchev–Trinajstić information content (AvgIpc) is 3.25. The van der Waals surface area contributed by atoms with Crippen LogP contribution >= 0.6 is 11.6 Å². The summed E-state index contributed by atoms with van der Waals surface area (Å²) in [5.41, 5.74) is 4.10. The van der Waals surface area contributed by atoms with Crippen LogP contribution in [-0.4, -0.2) is 14.6 Å². The van der Waals surface area contributed by atoms with Crippen molar-refractivity contribution in [1.82, 2.24) is 14.6 Å². The van der Waals surface area contributed by atoms with Crippen LogP contribution in [0.2, 0.25) is 5.02 Å². The molecule has 0 aliphatic heterocycles. The number of rotatable bonds is 6. The van der Waals surface area contributed by atoms with E-state index in [1.165, 1.54) is 12.1 Å². The largest absolute Gasteiger partial charge is 0.487 e. The summed E-state index contributed by atoms with van der Waals surface area (Å²) in [6, 6.07) is 25.4. The van der Waals surface area contributed by atoms with Crippen LogP contribution in [0, 0.1) is 5.82 Å². The van der Waals surface area contributed by atoms with Gasteiger partial charge in [-0.15, -0.1) is 0 Å². The number of hydrogen-bond donors (Lipinski definition) is 1. The SMILES string of the molecule is Fc1cccc(COc2ccc(Nc3ccnc4cc(-c5ccccc5)nn34)cc2Cl)c1. The number of ether oxygens (including phenoxy) is 1. The lowest BCUT2D eigenvalue weighted by Gasteiger charge is -2.12. The van der Waals surface area contributed by atoms with Crippen LogP contribution in [0.4, 0.5) is 15.9 Å². The molecule has 0 unspecified atom stereocenters. The van der Waals surface area contributed by atoms with Gasteiger partial charge in [0, 0.05) is 23.5 Å². The first-order chi connectivity index (χ1) is 15.7. The van der Waals surface area contributed by atoms with E-state index in [2.05, 4.69) is 10.3 Å². The third-order valence-electron chi connectivity index (χ3n) is 4.92. The Labute approximate surface area is 189 Å². The van der Waals surface area contributed by atoms with Crippen LogP contribution in [-0.2, 0) is 6.61 Å². The molecule has 158 valence electrons. The summed E-state index contributed by atoms with van der Waals surface area (Å²) in [6.07, 6.45) is 1.73. The van der Waals surface area contributed by atoms with Crippen molar-refractivity contribution in [3.8, 4) is 17.0 Å². The molecule has 5 nitrogen and oxygen atoms in total. The molecule has 0 bridgehead atoms. The zero-order chi connectivity index (χ0) is 21.9. The maximum atomic E-state index is 13.3. The zero-order valence-corrected chi connectivity index (χ0v) is 17.6. The second-order valence-electron chi connectivity index (χ2n) is 7.18. The summed E-state index contributed by atoms with van der Waals surface area (Å²) >= 11 is 6.42. The maximum Gasteiger partial charge on any atom is 0.157 e. The molecule has 0 saturated carbocycles. The van der Waals surface area contributed by atoms with E-state index in [4.69, 9.17) is 21.4 Å². The highest BCUT2D eigenvalue weighted by molar-refractivity contribution is 6.32. The molecule has 0 amide bonds. The van der Waals surface area contributed by atoms with E-state index in [0.717, 1.165) is 34.0 Å². The lowest BCUT2D eigenvalue weighted by atomic mass is 10.2. The normalized spacial score (nSPS) is 10.9. The topological polar surface area (TPSA) is 51.5 Å². The van der Waals surface area contributed by atoms with Crippen LogP contribution in [0.3, 0.4) is 0 Å².